The van der Waals surface area contributed by atoms with Crippen molar-refractivity contribution in [2.45, 2.75) is 20.5 Å². The highest BCUT2D eigenvalue weighted by atomic mass is 19.1. The number of aryl methyl sites for hydroxylation is 2. The molecule has 0 unspecified atom stereocenters. The number of amides is 1. The molecule has 4 nitrogen and oxygen atoms in total. The SMILES string of the molecule is COc1cc(/C=C/C(=O)Nc2ccc(C)c(C)c2)ccc1OCc1ccc(F)cc1. The molecule has 0 aliphatic heterocycles. The quantitative estimate of drug-likeness (QED) is 0.514. The Balaban J connectivity index is 1.63. The highest BCUT2D eigenvalue weighted by molar-refractivity contribution is 6.02. The van der Waals surface area contributed by atoms with Gasteiger partial charge in [0.05, 0.1) is 7.11 Å². The van der Waals surface area contributed by atoms with Crippen LogP contribution >= 0.6 is 0 Å². The maximum atomic E-state index is 13.0. The number of rotatable bonds is 7. The molecule has 0 fully saturated rings. The Morgan fingerprint density at radius 2 is 1.73 bits per heavy atom. The lowest BCUT2D eigenvalue weighted by Gasteiger charge is -2.11. The van der Waals surface area contributed by atoms with E-state index < -0.39 is 0 Å². The zero-order valence-electron chi connectivity index (χ0n) is 17.2. The fraction of sp³-hybridized carbons (Fsp3) is 0.160. The molecule has 0 aliphatic carbocycles. The minimum atomic E-state index is -0.283. The second-order valence-electron chi connectivity index (χ2n) is 6.95. The van der Waals surface area contributed by atoms with Crippen molar-refractivity contribution in [3.63, 3.8) is 0 Å². The number of ether oxygens (including phenoxy) is 2. The molecule has 154 valence electrons. The van der Waals surface area contributed by atoms with Gasteiger partial charge < -0.3 is 14.8 Å². The molecular weight excluding hydrogens is 381 g/mol. The minimum Gasteiger partial charge on any atom is -0.493 e. The van der Waals surface area contributed by atoms with Crippen LogP contribution < -0.4 is 14.8 Å². The van der Waals surface area contributed by atoms with Gasteiger partial charge in [-0.2, -0.15) is 0 Å². The van der Waals surface area contributed by atoms with Crippen LogP contribution in [0, 0.1) is 19.7 Å². The van der Waals surface area contributed by atoms with E-state index in [2.05, 4.69) is 5.32 Å². The lowest BCUT2D eigenvalue weighted by Crippen LogP contribution is -2.07. The van der Waals surface area contributed by atoms with Gasteiger partial charge in [-0.3, -0.25) is 4.79 Å². The maximum absolute atomic E-state index is 13.0. The number of carbonyl (C=O) groups is 1. The molecule has 0 aromatic heterocycles. The van der Waals surface area contributed by atoms with Crippen LogP contribution in [0.4, 0.5) is 10.1 Å². The predicted octanol–water partition coefficient (Wildman–Crippen LogP) is 5.68. The number of carbonyl (C=O) groups excluding carboxylic acids is 1. The molecule has 0 heterocycles. The van der Waals surface area contributed by atoms with Crippen molar-refractivity contribution in [1.29, 1.82) is 0 Å². The van der Waals surface area contributed by atoms with Gasteiger partial charge in [-0.15, -0.1) is 0 Å². The first-order chi connectivity index (χ1) is 14.4. The predicted molar refractivity (Wildman–Crippen MR) is 117 cm³/mol. The van der Waals surface area contributed by atoms with Crippen LogP contribution in [0.1, 0.15) is 22.3 Å². The van der Waals surface area contributed by atoms with Crippen molar-refractivity contribution in [2.24, 2.45) is 0 Å². The molecule has 3 rings (SSSR count). The van der Waals surface area contributed by atoms with Crippen LogP contribution in [0.5, 0.6) is 11.5 Å². The number of halogens is 1. The van der Waals surface area contributed by atoms with Crippen molar-refractivity contribution in [1.82, 2.24) is 0 Å². The molecule has 0 saturated heterocycles. The van der Waals surface area contributed by atoms with Crippen molar-refractivity contribution in [3.8, 4) is 11.5 Å². The monoisotopic (exact) mass is 405 g/mol. The molecular formula is C25H24FNO3. The average Bonchev–Trinajstić information content (AvgIpc) is 2.74. The van der Waals surface area contributed by atoms with Gasteiger partial charge in [-0.25, -0.2) is 4.39 Å². The first kappa shape index (κ1) is 21.1. The molecule has 0 saturated carbocycles. The Morgan fingerprint density at radius 3 is 2.43 bits per heavy atom. The van der Waals surface area contributed by atoms with Crippen LogP contribution in [-0.2, 0) is 11.4 Å². The summed E-state index contributed by atoms with van der Waals surface area (Å²) in [5.41, 5.74) is 4.71. The summed E-state index contributed by atoms with van der Waals surface area (Å²) in [6, 6.07) is 17.3. The third kappa shape index (κ3) is 5.70. The Bertz CT molecular complexity index is 1060. The van der Waals surface area contributed by atoms with E-state index in [4.69, 9.17) is 9.47 Å². The van der Waals surface area contributed by atoms with Crippen molar-refractivity contribution >= 4 is 17.7 Å². The molecule has 3 aromatic rings. The van der Waals surface area contributed by atoms with Crippen LogP contribution in [0.3, 0.4) is 0 Å². The molecule has 5 heteroatoms. The number of hydrogen-bond donors (Lipinski definition) is 1. The van der Waals surface area contributed by atoms with Crippen molar-refractivity contribution < 1.29 is 18.7 Å². The largest absolute Gasteiger partial charge is 0.493 e. The zero-order valence-corrected chi connectivity index (χ0v) is 17.2. The smallest absolute Gasteiger partial charge is 0.248 e. The van der Waals surface area contributed by atoms with Gasteiger partial charge in [0.2, 0.25) is 5.91 Å². The highest BCUT2D eigenvalue weighted by Crippen LogP contribution is 2.29. The van der Waals surface area contributed by atoms with Gasteiger partial charge in [0, 0.05) is 11.8 Å². The summed E-state index contributed by atoms with van der Waals surface area (Å²) in [5.74, 6) is 0.621. The summed E-state index contributed by atoms with van der Waals surface area (Å²) >= 11 is 0. The Kier molecular flexibility index (Phi) is 6.86. The van der Waals surface area contributed by atoms with Gasteiger partial charge in [-0.05, 0) is 78.6 Å². The molecule has 0 spiro atoms. The maximum Gasteiger partial charge on any atom is 0.248 e. The summed E-state index contributed by atoms with van der Waals surface area (Å²) < 4.78 is 24.2. The second-order valence-corrected chi connectivity index (χ2v) is 6.95. The molecule has 1 N–H and O–H groups in total. The van der Waals surface area contributed by atoms with Crippen LogP contribution in [0.2, 0.25) is 0 Å². The fourth-order valence-electron chi connectivity index (χ4n) is 2.82. The van der Waals surface area contributed by atoms with Crippen molar-refractivity contribution in [3.05, 3.63) is 94.8 Å². The second kappa shape index (κ2) is 9.74. The third-order valence-corrected chi connectivity index (χ3v) is 4.70. The zero-order chi connectivity index (χ0) is 21.5. The average molecular weight is 405 g/mol. The third-order valence-electron chi connectivity index (χ3n) is 4.70. The summed E-state index contributed by atoms with van der Waals surface area (Å²) in [6.45, 7) is 4.33. The molecule has 0 radical (unpaired) electrons. The molecule has 3 aromatic carbocycles. The Labute approximate surface area is 176 Å². The summed E-state index contributed by atoms with van der Waals surface area (Å²) in [5, 5.41) is 2.85. The van der Waals surface area contributed by atoms with Gasteiger partial charge in [0.1, 0.15) is 12.4 Å². The minimum absolute atomic E-state index is 0.214. The van der Waals surface area contributed by atoms with Gasteiger partial charge >= 0.3 is 0 Å². The summed E-state index contributed by atoms with van der Waals surface area (Å²) in [6.07, 6.45) is 3.19. The lowest BCUT2D eigenvalue weighted by atomic mass is 10.1. The topological polar surface area (TPSA) is 47.6 Å². The molecule has 0 atom stereocenters. The van der Waals surface area contributed by atoms with Crippen LogP contribution in [0.25, 0.3) is 6.08 Å². The molecule has 1 amide bonds. The normalized spacial score (nSPS) is 10.8. The van der Waals surface area contributed by atoms with E-state index >= 15 is 0 Å². The standard InChI is InChI=1S/C25H24FNO3/c1-17-4-11-22(14-18(17)2)27-25(28)13-8-19-7-12-23(24(15-19)29-3)30-16-20-5-9-21(26)10-6-20/h4-15H,16H2,1-3H3,(H,27,28)/b13-8+. The van der Waals surface area contributed by atoms with Gasteiger partial charge in [-0.1, -0.05) is 24.3 Å². The molecule has 30 heavy (non-hydrogen) atoms. The van der Waals surface area contributed by atoms with Crippen LogP contribution in [0.15, 0.2) is 66.7 Å². The Hall–Kier alpha value is -3.60. The number of hydrogen-bond acceptors (Lipinski definition) is 3. The highest BCUT2D eigenvalue weighted by Gasteiger charge is 2.06. The summed E-state index contributed by atoms with van der Waals surface area (Å²) in [7, 11) is 1.56. The lowest BCUT2D eigenvalue weighted by molar-refractivity contribution is -0.111. The van der Waals surface area contributed by atoms with Gasteiger partial charge in [0.15, 0.2) is 11.5 Å². The number of benzene rings is 3. The Morgan fingerprint density at radius 1 is 0.967 bits per heavy atom. The van der Waals surface area contributed by atoms with Crippen molar-refractivity contribution in [2.75, 3.05) is 12.4 Å². The van der Waals surface area contributed by atoms with Gasteiger partial charge in [0.25, 0.3) is 0 Å². The molecule has 0 aliphatic rings. The number of methoxy groups -OCH3 is 1. The number of nitrogens with one attached hydrogen (secondary N) is 1. The summed E-state index contributed by atoms with van der Waals surface area (Å²) in [4.78, 5) is 12.2. The van der Waals surface area contributed by atoms with E-state index in [9.17, 15) is 9.18 Å². The molecule has 0 bridgehead atoms. The fourth-order valence-corrected chi connectivity index (χ4v) is 2.82. The van der Waals surface area contributed by atoms with Crippen LogP contribution in [-0.4, -0.2) is 13.0 Å². The van der Waals surface area contributed by atoms with E-state index in [0.29, 0.717) is 18.1 Å². The van der Waals surface area contributed by atoms with E-state index in [1.807, 2.05) is 38.1 Å². The first-order valence-electron chi connectivity index (χ1n) is 9.56. The number of anilines is 1. The van der Waals surface area contributed by atoms with E-state index in [-0.39, 0.29) is 11.7 Å². The van der Waals surface area contributed by atoms with E-state index in [1.165, 1.54) is 23.8 Å². The van der Waals surface area contributed by atoms with E-state index in [0.717, 1.165) is 22.4 Å². The van der Waals surface area contributed by atoms with E-state index in [1.54, 1.807) is 37.5 Å². The first-order valence-corrected chi connectivity index (χ1v) is 9.56.